The van der Waals surface area contributed by atoms with Crippen molar-refractivity contribution in [3.8, 4) is 28.7 Å². The number of nitrogens with one attached hydrogen (secondary N) is 1. The van der Waals surface area contributed by atoms with Crippen molar-refractivity contribution < 1.29 is 9.47 Å². The van der Waals surface area contributed by atoms with E-state index in [-0.39, 0.29) is 5.56 Å². The van der Waals surface area contributed by atoms with E-state index >= 15 is 0 Å². The molecule has 0 aliphatic heterocycles. The standard InChI is InChI=1S/C21H17BrN2O3/c1-13-8-17(18(11-23)21(25)24-13)15-6-7-19(20(10-15)26-2)27-12-14-4-3-5-16(22)9-14/h3-10H,12H2,1-2H3,(H,24,25). The molecule has 0 saturated carbocycles. The van der Waals surface area contributed by atoms with Gasteiger partial charge < -0.3 is 14.5 Å². The highest BCUT2D eigenvalue weighted by Crippen LogP contribution is 2.34. The number of ether oxygens (including phenoxy) is 2. The number of methoxy groups -OCH3 is 1. The van der Waals surface area contributed by atoms with Gasteiger partial charge in [-0.25, -0.2) is 0 Å². The van der Waals surface area contributed by atoms with Crippen molar-refractivity contribution in [2.75, 3.05) is 7.11 Å². The van der Waals surface area contributed by atoms with E-state index in [0.29, 0.717) is 34.9 Å². The molecule has 1 N–H and O–H groups in total. The third kappa shape index (κ3) is 4.21. The van der Waals surface area contributed by atoms with Crippen molar-refractivity contribution in [3.05, 3.63) is 80.2 Å². The molecular weight excluding hydrogens is 408 g/mol. The summed E-state index contributed by atoms with van der Waals surface area (Å²) in [6.45, 7) is 2.17. The lowest BCUT2D eigenvalue weighted by molar-refractivity contribution is 0.284. The fourth-order valence-corrected chi connectivity index (χ4v) is 3.22. The molecule has 0 bridgehead atoms. The highest BCUT2D eigenvalue weighted by Gasteiger charge is 2.13. The van der Waals surface area contributed by atoms with E-state index in [2.05, 4.69) is 20.9 Å². The number of aryl methyl sites for hydroxylation is 1. The molecule has 6 heteroatoms. The van der Waals surface area contributed by atoms with Gasteiger partial charge in [-0.05, 0) is 48.4 Å². The van der Waals surface area contributed by atoms with Crippen LogP contribution in [0.5, 0.6) is 11.5 Å². The zero-order valence-corrected chi connectivity index (χ0v) is 16.5. The van der Waals surface area contributed by atoms with Crippen LogP contribution in [0.3, 0.4) is 0 Å². The van der Waals surface area contributed by atoms with Gasteiger partial charge in [0.05, 0.1) is 7.11 Å². The number of H-pyrrole nitrogens is 1. The monoisotopic (exact) mass is 424 g/mol. The number of nitriles is 1. The normalized spacial score (nSPS) is 10.3. The number of benzene rings is 2. The van der Waals surface area contributed by atoms with Crippen molar-refractivity contribution in [2.45, 2.75) is 13.5 Å². The van der Waals surface area contributed by atoms with E-state index in [9.17, 15) is 10.1 Å². The number of nitrogens with zero attached hydrogens (tertiary/aromatic N) is 1. The Hall–Kier alpha value is -3.04. The summed E-state index contributed by atoms with van der Waals surface area (Å²) in [5.41, 5.74) is 2.66. The maximum atomic E-state index is 12.0. The van der Waals surface area contributed by atoms with Crippen LogP contribution >= 0.6 is 15.9 Å². The van der Waals surface area contributed by atoms with Crippen molar-refractivity contribution in [1.82, 2.24) is 4.98 Å². The molecule has 0 aliphatic rings. The molecule has 0 fully saturated rings. The van der Waals surface area contributed by atoms with Crippen molar-refractivity contribution >= 4 is 15.9 Å². The van der Waals surface area contributed by atoms with Crippen molar-refractivity contribution in [1.29, 1.82) is 5.26 Å². The maximum absolute atomic E-state index is 12.0. The molecule has 2 aromatic carbocycles. The molecule has 0 saturated heterocycles. The van der Waals surface area contributed by atoms with Crippen LogP contribution in [0.4, 0.5) is 0 Å². The summed E-state index contributed by atoms with van der Waals surface area (Å²) < 4.78 is 12.3. The van der Waals surface area contributed by atoms with Gasteiger partial charge in [0.15, 0.2) is 11.5 Å². The fraction of sp³-hybridized carbons (Fsp3) is 0.143. The second-order valence-corrected chi connectivity index (χ2v) is 6.88. The van der Waals surface area contributed by atoms with Gasteiger partial charge in [0.25, 0.3) is 5.56 Å². The van der Waals surface area contributed by atoms with Crippen LogP contribution in [0.15, 0.2) is 57.8 Å². The summed E-state index contributed by atoms with van der Waals surface area (Å²) in [6.07, 6.45) is 0. The third-order valence-electron chi connectivity index (χ3n) is 4.04. The molecule has 0 aliphatic carbocycles. The van der Waals surface area contributed by atoms with E-state index in [4.69, 9.17) is 9.47 Å². The number of aromatic amines is 1. The van der Waals surface area contributed by atoms with Crippen LogP contribution in [0.1, 0.15) is 16.8 Å². The summed E-state index contributed by atoms with van der Waals surface area (Å²) in [4.78, 5) is 14.7. The van der Waals surface area contributed by atoms with E-state index in [0.717, 1.165) is 10.0 Å². The Morgan fingerprint density at radius 2 is 1.96 bits per heavy atom. The van der Waals surface area contributed by atoms with Crippen LogP contribution in [0.25, 0.3) is 11.1 Å². The average Bonchev–Trinajstić information content (AvgIpc) is 2.65. The van der Waals surface area contributed by atoms with Gasteiger partial charge in [-0.3, -0.25) is 4.79 Å². The first kappa shape index (κ1) is 18.7. The van der Waals surface area contributed by atoms with E-state index in [1.807, 2.05) is 36.4 Å². The van der Waals surface area contributed by atoms with E-state index in [1.165, 1.54) is 0 Å². The number of halogens is 1. The summed E-state index contributed by atoms with van der Waals surface area (Å²) in [6, 6.07) is 17.0. The number of rotatable bonds is 5. The number of aromatic nitrogens is 1. The predicted molar refractivity (Wildman–Crippen MR) is 107 cm³/mol. The minimum absolute atomic E-state index is 0.0745. The second-order valence-electron chi connectivity index (χ2n) is 5.97. The van der Waals surface area contributed by atoms with Gasteiger partial charge >= 0.3 is 0 Å². The molecule has 1 aromatic heterocycles. The lowest BCUT2D eigenvalue weighted by atomic mass is 10.0. The molecule has 0 radical (unpaired) electrons. The Kier molecular flexibility index (Phi) is 5.63. The summed E-state index contributed by atoms with van der Waals surface area (Å²) >= 11 is 3.44. The Morgan fingerprint density at radius 1 is 1.15 bits per heavy atom. The predicted octanol–water partition coefficient (Wildman–Crippen LogP) is 4.57. The lowest BCUT2D eigenvalue weighted by Gasteiger charge is -2.13. The van der Waals surface area contributed by atoms with Gasteiger partial charge in [-0.1, -0.05) is 34.1 Å². The van der Waals surface area contributed by atoms with Gasteiger partial charge in [0.2, 0.25) is 0 Å². The highest BCUT2D eigenvalue weighted by atomic mass is 79.9. The zero-order chi connectivity index (χ0) is 19.4. The molecule has 136 valence electrons. The number of pyridine rings is 1. The molecule has 0 atom stereocenters. The van der Waals surface area contributed by atoms with Crippen molar-refractivity contribution in [3.63, 3.8) is 0 Å². The van der Waals surface area contributed by atoms with Crippen LogP contribution in [0, 0.1) is 18.3 Å². The second kappa shape index (κ2) is 8.11. The first-order chi connectivity index (χ1) is 13.0. The topological polar surface area (TPSA) is 75.1 Å². The number of hydrogen-bond donors (Lipinski definition) is 1. The summed E-state index contributed by atoms with van der Waals surface area (Å²) in [5, 5.41) is 9.34. The van der Waals surface area contributed by atoms with E-state index < -0.39 is 5.56 Å². The Morgan fingerprint density at radius 3 is 2.67 bits per heavy atom. The van der Waals surface area contributed by atoms with Crippen LogP contribution < -0.4 is 15.0 Å². The van der Waals surface area contributed by atoms with Gasteiger partial charge in [-0.2, -0.15) is 5.26 Å². The minimum Gasteiger partial charge on any atom is -0.493 e. The maximum Gasteiger partial charge on any atom is 0.266 e. The quantitative estimate of drug-likeness (QED) is 0.650. The Labute approximate surface area is 165 Å². The van der Waals surface area contributed by atoms with Crippen LogP contribution in [-0.4, -0.2) is 12.1 Å². The number of hydrogen-bond acceptors (Lipinski definition) is 4. The largest absolute Gasteiger partial charge is 0.493 e. The molecule has 0 unspecified atom stereocenters. The summed E-state index contributed by atoms with van der Waals surface area (Å²) in [5.74, 6) is 1.12. The van der Waals surface area contributed by atoms with Gasteiger partial charge in [0.1, 0.15) is 18.2 Å². The molecule has 3 aromatic rings. The van der Waals surface area contributed by atoms with Crippen LogP contribution in [0.2, 0.25) is 0 Å². The Bertz CT molecular complexity index is 1080. The average molecular weight is 425 g/mol. The molecule has 1 heterocycles. The van der Waals surface area contributed by atoms with Crippen LogP contribution in [-0.2, 0) is 6.61 Å². The van der Waals surface area contributed by atoms with Gasteiger partial charge in [0, 0.05) is 15.7 Å². The highest BCUT2D eigenvalue weighted by molar-refractivity contribution is 9.10. The minimum atomic E-state index is -0.401. The smallest absolute Gasteiger partial charge is 0.266 e. The van der Waals surface area contributed by atoms with Gasteiger partial charge in [-0.15, -0.1) is 0 Å². The Balaban J connectivity index is 1.94. The first-order valence-electron chi connectivity index (χ1n) is 8.21. The molecule has 27 heavy (non-hydrogen) atoms. The molecule has 3 rings (SSSR count). The molecule has 5 nitrogen and oxygen atoms in total. The van der Waals surface area contributed by atoms with Crippen molar-refractivity contribution in [2.24, 2.45) is 0 Å². The fourth-order valence-electron chi connectivity index (χ4n) is 2.77. The molecule has 0 spiro atoms. The van der Waals surface area contributed by atoms with E-state index in [1.54, 1.807) is 32.2 Å². The SMILES string of the molecule is COc1cc(-c2cc(C)[nH]c(=O)c2C#N)ccc1OCc1cccc(Br)c1. The molecular formula is C21H17BrN2O3. The molecule has 0 amide bonds. The third-order valence-corrected chi connectivity index (χ3v) is 4.53. The lowest BCUT2D eigenvalue weighted by Crippen LogP contribution is -2.12. The first-order valence-corrected chi connectivity index (χ1v) is 9.01. The zero-order valence-electron chi connectivity index (χ0n) is 14.9. The summed E-state index contributed by atoms with van der Waals surface area (Å²) in [7, 11) is 1.55.